The Labute approximate surface area is 168 Å². The fourth-order valence-corrected chi connectivity index (χ4v) is 4.36. The van der Waals surface area contributed by atoms with Gasteiger partial charge in [0.05, 0.1) is 35.8 Å². The van der Waals surface area contributed by atoms with Gasteiger partial charge in [-0.1, -0.05) is 24.4 Å². The number of benzene rings is 1. The Bertz CT molecular complexity index is 788. The van der Waals surface area contributed by atoms with Gasteiger partial charge in [-0.15, -0.1) is 0 Å². The number of nitrogens with zero attached hydrogens (tertiary/aromatic N) is 1. The molecule has 2 aliphatic heterocycles. The summed E-state index contributed by atoms with van der Waals surface area (Å²) in [5, 5.41) is 3.09. The van der Waals surface area contributed by atoms with Gasteiger partial charge in [0, 0.05) is 31.5 Å². The molecule has 0 aromatic heterocycles. The standard InChI is InChI=1S/C20H23ClN2O5/c21-14-10-16-17(28-9-3-8-27-16)11-15(14)22-18(24)6-7-23-19(25)12-4-1-2-5-13(12)20(23)26/h10-13H,1-9H2,(H,22,24). The summed E-state index contributed by atoms with van der Waals surface area (Å²) < 4.78 is 11.2. The Morgan fingerprint density at radius 2 is 1.64 bits per heavy atom. The predicted molar refractivity (Wildman–Crippen MR) is 102 cm³/mol. The van der Waals surface area contributed by atoms with E-state index in [1.165, 1.54) is 4.90 Å². The minimum absolute atomic E-state index is 0.0295. The van der Waals surface area contributed by atoms with Crippen molar-refractivity contribution in [3.8, 4) is 11.5 Å². The van der Waals surface area contributed by atoms with E-state index in [0.29, 0.717) is 35.4 Å². The summed E-state index contributed by atoms with van der Waals surface area (Å²) in [5.41, 5.74) is 0.420. The summed E-state index contributed by atoms with van der Waals surface area (Å²) in [6, 6.07) is 3.26. The summed E-state index contributed by atoms with van der Waals surface area (Å²) in [5.74, 6) is 0.127. The molecule has 7 nitrogen and oxygen atoms in total. The second-order valence-corrected chi connectivity index (χ2v) is 7.86. The molecule has 0 spiro atoms. The van der Waals surface area contributed by atoms with Gasteiger partial charge in [-0.3, -0.25) is 19.3 Å². The van der Waals surface area contributed by atoms with Crippen molar-refractivity contribution < 1.29 is 23.9 Å². The number of hydrogen-bond acceptors (Lipinski definition) is 5. The lowest BCUT2D eigenvalue weighted by molar-refractivity contribution is -0.140. The largest absolute Gasteiger partial charge is 0.490 e. The van der Waals surface area contributed by atoms with Crippen LogP contribution in [0.3, 0.4) is 0 Å². The smallest absolute Gasteiger partial charge is 0.233 e. The highest BCUT2D eigenvalue weighted by Gasteiger charge is 2.47. The summed E-state index contributed by atoms with van der Waals surface area (Å²) in [4.78, 5) is 38.6. The van der Waals surface area contributed by atoms with Gasteiger partial charge in [0.1, 0.15) is 0 Å². The average molecular weight is 407 g/mol. The molecule has 1 aromatic carbocycles. The number of hydrogen-bond donors (Lipinski definition) is 1. The number of rotatable bonds is 4. The van der Waals surface area contributed by atoms with Gasteiger partial charge in [0.2, 0.25) is 17.7 Å². The van der Waals surface area contributed by atoms with E-state index in [2.05, 4.69) is 5.32 Å². The topological polar surface area (TPSA) is 84.9 Å². The summed E-state index contributed by atoms with van der Waals surface area (Å²) in [6.45, 7) is 1.18. The number of imide groups is 1. The molecular formula is C20H23ClN2O5. The van der Waals surface area contributed by atoms with E-state index in [1.54, 1.807) is 12.1 Å². The van der Waals surface area contributed by atoms with Crippen molar-refractivity contribution in [2.75, 3.05) is 25.1 Å². The summed E-state index contributed by atoms with van der Waals surface area (Å²) in [6.07, 6.45) is 4.30. The van der Waals surface area contributed by atoms with Gasteiger partial charge in [0.15, 0.2) is 11.5 Å². The highest BCUT2D eigenvalue weighted by atomic mass is 35.5. The zero-order chi connectivity index (χ0) is 19.7. The zero-order valence-electron chi connectivity index (χ0n) is 15.5. The molecule has 1 saturated heterocycles. The molecule has 4 rings (SSSR count). The van der Waals surface area contributed by atoms with Gasteiger partial charge in [-0.25, -0.2) is 0 Å². The van der Waals surface area contributed by atoms with E-state index in [4.69, 9.17) is 21.1 Å². The predicted octanol–water partition coefficient (Wildman–Crippen LogP) is 3.01. The molecule has 2 heterocycles. The van der Waals surface area contributed by atoms with Crippen LogP contribution in [0.15, 0.2) is 12.1 Å². The van der Waals surface area contributed by atoms with Crippen LogP contribution in [0.1, 0.15) is 38.5 Å². The molecule has 0 radical (unpaired) electrons. The monoisotopic (exact) mass is 406 g/mol. The number of nitrogens with one attached hydrogen (secondary N) is 1. The van der Waals surface area contributed by atoms with Crippen LogP contribution in [-0.2, 0) is 14.4 Å². The van der Waals surface area contributed by atoms with Gasteiger partial charge >= 0.3 is 0 Å². The van der Waals surface area contributed by atoms with E-state index in [0.717, 1.165) is 32.1 Å². The van der Waals surface area contributed by atoms with E-state index >= 15 is 0 Å². The number of carbonyl (C=O) groups excluding carboxylic acids is 3. The lowest BCUT2D eigenvalue weighted by Crippen LogP contribution is -2.34. The molecule has 0 bridgehead atoms. The number of anilines is 1. The van der Waals surface area contributed by atoms with Crippen LogP contribution < -0.4 is 14.8 Å². The second-order valence-electron chi connectivity index (χ2n) is 7.45. The maximum absolute atomic E-state index is 12.5. The van der Waals surface area contributed by atoms with E-state index in [1.807, 2.05) is 0 Å². The number of halogens is 1. The molecule has 3 aliphatic rings. The lowest BCUT2D eigenvalue weighted by Gasteiger charge is -2.19. The first kappa shape index (κ1) is 19.1. The summed E-state index contributed by atoms with van der Waals surface area (Å²) in [7, 11) is 0. The van der Waals surface area contributed by atoms with Crippen molar-refractivity contribution in [3.63, 3.8) is 0 Å². The van der Waals surface area contributed by atoms with Gasteiger partial charge in [-0.2, -0.15) is 0 Å². The fraction of sp³-hybridized carbons (Fsp3) is 0.550. The third-order valence-electron chi connectivity index (χ3n) is 5.61. The Kier molecular flexibility index (Phi) is 5.44. The zero-order valence-corrected chi connectivity index (χ0v) is 16.3. The first-order valence-electron chi connectivity index (χ1n) is 9.79. The minimum atomic E-state index is -0.313. The number of ether oxygens (including phenoxy) is 2. The highest BCUT2D eigenvalue weighted by Crippen LogP contribution is 2.39. The first-order chi connectivity index (χ1) is 13.5. The van der Waals surface area contributed by atoms with Gasteiger partial charge < -0.3 is 14.8 Å². The van der Waals surface area contributed by atoms with Crippen LogP contribution in [0.5, 0.6) is 11.5 Å². The van der Waals surface area contributed by atoms with Crippen molar-refractivity contribution >= 4 is 35.0 Å². The van der Waals surface area contributed by atoms with Crippen LogP contribution >= 0.6 is 11.6 Å². The number of amides is 3. The van der Waals surface area contributed by atoms with Crippen LogP contribution in [0.25, 0.3) is 0 Å². The van der Waals surface area contributed by atoms with Gasteiger partial charge in [0.25, 0.3) is 0 Å². The normalized spacial score (nSPS) is 24.0. The van der Waals surface area contributed by atoms with E-state index in [-0.39, 0.29) is 42.5 Å². The maximum Gasteiger partial charge on any atom is 0.233 e. The molecule has 1 aliphatic carbocycles. The maximum atomic E-state index is 12.5. The molecule has 28 heavy (non-hydrogen) atoms. The van der Waals surface area contributed by atoms with E-state index in [9.17, 15) is 14.4 Å². The Morgan fingerprint density at radius 3 is 2.29 bits per heavy atom. The van der Waals surface area contributed by atoms with Crippen LogP contribution in [0, 0.1) is 11.8 Å². The Hall–Kier alpha value is -2.28. The van der Waals surface area contributed by atoms with Crippen LogP contribution in [-0.4, -0.2) is 42.4 Å². The minimum Gasteiger partial charge on any atom is -0.490 e. The Balaban J connectivity index is 1.38. The van der Waals surface area contributed by atoms with E-state index < -0.39 is 0 Å². The van der Waals surface area contributed by atoms with Crippen molar-refractivity contribution in [2.45, 2.75) is 38.5 Å². The third-order valence-corrected chi connectivity index (χ3v) is 5.92. The molecule has 1 aromatic rings. The second kappa shape index (κ2) is 7.99. The van der Waals surface area contributed by atoms with Gasteiger partial charge in [-0.05, 0) is 12.8 Å². The molecule has 3 amide bonds. The Morgan fingerprint density at radius 1 is 1.04 bits per heavy atom. The molecule has 1 saturated carbocycles. The average Bonchev–Trinajstić information content (AvgIpc) is 2.83. The van der Waals surface area contributed by atoms with Crippen molar-refractivity contribution in [3.05, 3.63) is 17.2 Å². The molecule has 2 unspecified atom stereocenters. The van der Waals surface area contributed by atoms with Crippen molar-refractivity contribution in [1.29, 1.82) is 0 Å². The first-order valence-corrected chi connectivity index (χ1v) is 10.2. The molecular weight excluding hydrogens is 384 g/mol. The SMILES string of the molecule is O=C(CCN1C(=O)C2CCCCC2C1=O)Nc1cc2c(cc1Cl)OCCCO2. The lowest BCUT2D eigenvalue weighted by atomic mass is 9.81. The van der Waals surface area contributed by atoms with Crippen molar-refractivity contribution in [2.24, 2.45) is 11.8 Å². The summed E-state index contributed by atoms with van der Waals surface area (Å²) >= 11 is 6.25. The number of likely N-dealkylation sites (tertiary alicyclic amines) is 1. The molecule has 2 fully saturated rings. The van der Waals surface area contributed by atoms with Crippen LogP contribution in [0.2, 0.25) is 5.02 Å². The third kappa shape index (κ3) is 3.68. The highest BCUT2D eigenvalue weighted by molar-refractivity contribution is 6.34. The van der Waals surface area contributed by atoms with Crippen LogP contribution in [0.4, 0.5) is 5.69 Å². The number of fused-ring (bicyclic) bond motifs is 2. The molecule has 150 valence electrons. The molecule has 2 atom stereocenters. The quantitative estimate of drug-likeness (QED) is 0.777. The molecule has 8 heteroatoms. The fourth-order valence-electron chi connectivity index (χ4n) is 4.16. The van der Waals surface area contributed by atoms with Crippen molar-refractivity contribution in [1.82, 2.24) is 4.90 Å². The number of carbonyl (C=O) groups is 3. The molecule has 1 N–H and O–H groups in total.